The summed E-state index contributed by atoms with van der Waals surface area (Å²) in [6, 6.07) is 2.47. The Bertz CT molecular complexity index is 1260. The zero-order chi connectivity index (χ0) is 24.1. The van der Waals surface area contributed by atoms with Crippen molar-refractivity contribution in [3.63, 3.8) is 0 Å². The molecule has 0 saturated carbocycles. The lowest BCUT2D eigenvalue weighted by molar-refractivity contribution is -0.118. The van der Waals surface area contributed by atoms with Crippen molar-refractivity contribution in [3.8, 4) is 0 Å². The molecule has 11 nitrogen and oxygen atoms in total. The Morgan fingerprint density at radius 1 is 1.35 bits per heavy atom. The molecule has 0 radical (unpaired) electrons. The Balaban J connectivity index is 1.62. The van der Waals surface area contributed by atoms with E-state index in [-0.39, 0.29) is 49.3 Å². The summed E-state index contributed by atoms with van der Waals surface area (Å²) < 4.78 is 30.5. The van der Waals surface area contributed by atoms with E-state index in [1.54, 1.807) is 0 Å². The second-order valence-electron chi connectivity index (χ2n) is 7.40. The van der Waals surface area contributed by atoms with Gasteiger partial charge < -0.3 is 26.4 Å². The number of nitrogens with two attached hydrogens (primary N) is 1. The number of nitrogens with one attached hydrogen (secondary N) is 2. The van der Waals surface area contributed by atoms with Gasteiger partial charge in [-0.3, -0.25) is 9.79 Å². The van der Waals surface area contributed by atoms with Gasteiger partial charge in [-0.15, -0.1) is 0 Å². The number of allylic oxidation sites excluding steroid dienone is 1. The van der Waals surface area contributed by atoms with Crippen molar-refractivity contribution in [2.45, 2.75) is 6.54 Å². The maximum atomic E-state index is 14.7. The Morgan fingerprint density at radius 3 is 2.97 bits per heavy atom. The first kappa shape index (κ1) is 23.2. The Kier molecular flexibility index (Phi) is 7.04. The van der Waals surface area contributed by atoms with E-state index in [2.05, 4.69) is 30.7 Å². The summed E-state index contributed by atoms with van der Waals surface area (Å²) in [6.07, 6.45) is 5.74. The lowest BCUT2D eigenvalue weighted by Crippen LogP contribution is -2.48. The number of carbonyl (C=O) groups is 1. The molecule has 0 atom stereocenters. The second-order valence-corrected chi connectivity index (χ2v) is 7.40. The standard InChI is InChI=1S/C21H23F2N9O2/c22-17-6-16(31-3-1-25-11-18(31)34)5-13(19(17)23)12-32-20-14(9-28-32)8-27-21(30-20)29-15(7-24)10-26-2-4-33/h5-10,25,33H,1-4,11-12,24H2,(H,27,29,30). The number of aliphatic imine (C=N–C) groups is 1. The lowest BCUT2D eigenvalue weighted by Gasteiger charge is -2.28. The van der Waals surface area contributed by atoms with Crippen molar-refractivity contribution in [2.75, 3.05) is 43.0 Å². The molecule has 0 unspecified atom stereocenters. The quantitative estimate of drug-likeness (QED) is 0.345. The number of aliphatic hydroxyl groups is 1. The molecule has 1 aliphatic heterocycles. The number of rotatable bonds is 8. The maximum Gasteiger partial charge on any atom is 0.240 e. The summed E-state index contributed by atoms with van der Waals surface area (Å²) in [5, 5.41) is 19.5. The van der Waals surface area contributed by atoms with Gasteiger partial charge in [-0.05, 0) is 6.07 Å². The molecule has 178 valence electrons. The van der Waals surface area contributed by atoms with Gasteiger partial charge in [0, 0.05) is 49.0 Å². The van der Waals surface area contributed by atoms with Crippen LogP contribution in [0.5, 0.6) is 0 Å². The molecule has 1 saturated heterocycles. The van der Waals surface area contributed by atoms with E-state index in [9.17, 15) is 13.6 Å². The maximum absolute atomic E-state index is 14.7. The van der Waals surface area contributed by atoms with E-state index < -0.39 is 11.6 Å². The Hall–Kier alpha value is -3.97. The fourth-order valence-corrected chi connectivity index (χ4v) is 3.45. The molecular weight excluding hydrogens is 448 g/mol. The van der Waals surface area contributed by atoms with Crippen molar-refractivity contribution in [3.05, 3.63) is 53.6 Å². The second kappa shape index (κ2) is 10.3. The minimum Gasteiger partial charge on any atom is -0.403 e. The zero-order valence-electron chi connectivity index (χ0n) is 18.1. The topological polar surface area (TPSA) is 147 Å². The molecule has 4 rings (SSSR count). The first-order chi connectivity index (χ1) is 16.5. The lowest BCUT2D eigenvalue weighted by atomic mass is 10.1. The summed E-state index contributed by atoms with van der Waals surface area (Å²) in [6.45, 7) is 1.04. The van der Waals surface area contributed by atoms with Crippen LogP contribution in [-0.2, 0) is 11.3 Å². The van der Waals surface area contributed by atoms with Crippen LogP contribution in [0.4, 0.5) is 20.4 Å². The smallest absolute Gasteiger partial charge is 0.240 e. The number of nitrogens with zero attached hydrogens (tertiary/aromatic N) is 6. The van der Waals surface area contributed by atoms with Crippen LogP contribution in [0.15, 0.2) is 41.4 Å². The van der Waals surface area contributed by atoms with Crippen LogP contribution in [0.2, 0.25) is 0 Å². The SMILES string of the molecule is NC=C(C=NCCO)Nc1ncc2cnn(Cc3cc(N4CCNCC4=O)cc(F)c3F)c2n1. The largest absolute Gasteiger partial charge is 0.403 e. The number of piperazine rings is 1. The zero-order valence-corrected chi connectivity index (χ0v) is 18.1. The van der Waals surface area contributed by atoms with Crippen molar-refractivity contribution in [2.24, 2.45) is 10.7 Å². The fourth-order valence-electron chi connectivity index (χ4n) is 3.45. The molecule has 13 heteroatoms. The minimum atomic E-state index is -1.05. The fraction of sp³-hybridized carbons (Fsp3) is 0.286. The monoisotopic (exact) mass is 471 g/mol. The van der Waals surface area contributed by atoms with E-state index in [0.29, 0.717) is 29.8 Å². The van der Waals surface area contributed by atoms with Crippen molar-refractivity contribution >= 4 is 34.8 Å². The third-order valence-electron chi connectivity index (χ3n) is 5.08. The van der Waals surface area contributed by atoms with E-state index in [0.717, 1.165) is 6.07 Å². The highest BCUT2D eigenvalue weighted by molar-refractivity contribution is 5.95. The molecule has 1 amide bonds. The van der Waals surface area contributed by atoms with Crippen LogP contribution < -0.4 is 21.3 Å². The van der Waals surface area contributed by atoms with Gasteiger partial charge in [-0.1, -0.05) is 0 Å². The van der Waals surface area contributed by atoms with Gasteiger partial charge in [0.1, 0.15) is 0 Å². The number of aromatic nitrogens is 4. The predicted molar refractivity (Wildman–Crippen MR) is 122 cm³/mol. The highest BCUT2D eigenvalue weighted by atomic mass is 19.2. The highest BCUT2D eigenvalue weighted by Gasteiger charge is 2.22. The number of anilines is 2. The molecule has 3 heterocycles. The molecule has 1 fully saturated rings. The summed E-state index contributed by atoms with van der Waals surface area (Å²) in [7, 11) is 0. The van der Waals surface area contributed by atoms with Crippen molar-refractivity contribution in [1.29, 1.82) is 0 Å². The van der Waals surface area contributed by atoms with Crippen molar-refractivity contribution < 1.29 is 18.7 Å². The van der Waals surface area contributed by atoms with Crippen LogP contribution in [0, 0.1) is 11.6 Å². The van der Waals surface area contributed by atoms with Crippen LogP contribution >= 0.6 is 0 Å². The minimum absolute atomic E-state index is 0.0260. The molecule has 5 N–H and O–H groups in total. The van der Waals surface area contributed by atoms with E-state index in [4.69, 9.17) is 10.8 Å². The van der Waals surface area contributed by atoms with E-state index in [1.807, 2.05) is 0 Å². The molecule has 1 aromatic carbocycles. The number of amides is 1. The summed E-state index contributed by atoms with van der Waals surface area (Å²) in [5.74, 6) is -2.10. The summed E-state index contributed by atoms with van der Waals surface area (Å²) in [4.78, 5) is 26.2. The predicted octanol–water partition coefficient (Wildman–Crippen LogP) is 0.364. The van der Waals surface area contributed by atoms with E-state index in [1.165, 1.54) is 40.5 Å². The normalized spacial score (nSPS) is 15.0. The first-order valence-electron chi connectivity index (χ1n) is 10.5. The number of carbonyl (C=O) groups excluding carboxylic acids is 1. The average Bonchev–Trinajstić information content (AvgIpc) is 3.23. The van der Waals surface area contributed by atoms with Gasteiger partial charge in [0.25, 0.3) is 0 Å². The van der Waals surface area contributed by atoms with Gasteiger partial charge in [-0.2, -0.15) is 10.1 Å². The molecule has 3 aromatic rings. The molecule has 2 aromatic heterocycles. The van der Waals surface area contributed by atoms with Crippen LogP contribution in [0.3, 0.4) is 0 Å². The van der Waals surface area contributed by atoms with Crippen LogP contribution in [0.1, 0.15) is 5.56 Å². The third kappa shape index (κ3) is 5.00. The molecular formula is C21H23F2N9O2. The number of aliphatic hydroxyl groups excluding tert-OH is 1. The number of fused-ring (bicyclic) bond motifs is 1. The molecule has 1 aliphatic rings. The van der Waals surface area contributed by atoms with Crippen LogP contribution in [-0.4, -0.2) is 69.8 Å². The molecule has 34 heavy (non-hydrogen) atoms. The summed E-state index contributed by atoms with van der Waals surface area (Å²) >= 11 is 0. The Labute approximate surface area is 193 Å². The van der Waals surface area contributed by atoms with Crippen molar-refractivity contribution in [1.82, 2.24) is 25.1 Å². The van der Waals surface area contributed by atoms with E-state index >= 15 is 0 Å². The number of halogens is 2. The van der Waals surface area contributed by atoms with Gasteiger partial charge >= 0.3 is 0 Å². The van der Waals surface area contributed by atoms with Gasteiger partial charge in [0.15, 0.2) is 17.3 Å². The molecule has 0 spiro atoms. The number of hydrogen-bond acceptors (Lipinski definition) is 9. The highest BCUT2D eigenvalue weighted by Crippen LogP contribution is 2.24. The molecule has 0 bridgehead atoms. The number of benzene rings is 1. The Morgan fingerprint density at radius 2 is 2.21 bits per heavy atom. The first-order valence-corrected chi connectivity index (χ1v) is 10.5. The van der Waals surface area contributed by atoms with Gasteiger partial charge in [0.2, 0.25) is 11.9 Å². The molecule has 0 aliphatic carbocycles. The number of hydrogen-bond donors (Lipinski definition) is 4. The van der Waals surface area contributed by atoms with Gasteiger partial charge in [-0.25, -0.2) is 18.4 Å². The summed E-state index contributed by atoms with van der Waals surface area (Å²) in [5.41, 5.74) is 6.68. The van der Waals surface area contributed by atoms with Crippen LogP contribution in [0.25, 0.3) is 11.0 Å². The van der Waals surface area contributed by atoms with Gasteiger partial charge in [0.05, 0.1) is 43.5 Å². The average molecular weight is 471 g/mol. The third-order valence-corrected chi connectivity index (χ3v) is 5.08.